The summed E-state index contributed by atoms with van der Waals surface area (Å²) in [5, 5.41) is 0. The lowest BCUT2D eigenvalue weighted by atomic mass is 10.2. The Hall–Kier alpha value is -1.66. The zero-order chi connectivity index (χ0) is 17.8. The monoisotopic (exact) mass is 352 g/mol. The molecule has 0 aliphatic carbocycles. The molecule has 1 aromatic heterocycles. The van der Waals surface area contributed by atoms with Crippen LogP contribution in [0.25, 0.3) is 0 Å². The van der Waals surface area contributed by atoms with E-state index in [0.717, 1.165) is 13.1 Å². The molecule has 0 unspecified atom stereocenters. The molecule has 5 nitrogen and oxygen atoms in total. The summed E-state index contributed by atoms with van der Waals surface area (Å²) in [7, 11) is -4.13. The number of rotatable bonds is 8. The summed E-state index contributed by atoms with van der Waals surface area (Å²) >= 11 is 0. The van der Waals surface area contributed by atoms with Crippen LogP contribution in [0.5, 0.6) is 0 Å². The molecule has 1 heterocycles. The molecule has 0 aliphatic rings. The number of hydrogen-bond acceptors (Lipinski definition) is 3. The molecule has 2 rings (SSSR count). The van der Waals surface area contributed by atoms with Crippen LogP contribution in [0.15, 0.2) is 49.1 Å². The second-order valence-corrected chi connectivity index (χ2v) is 7.19. The number of benzene rings is 1. The van der Waals surface area contributed by atoms with Gasteiger partial charge in [0.2, 0.25) is 6.33 Å². The zero-order valence-electron chi connectivity index (χ0n) is 14.6. The quantitative estimate of drug-likeness (QED) is 0.541. The molecule has 0 saturated heterocycles. The molecular weight excluding hydrogens is 324 g/mol. The van der Waals surface area contributed by atoms with Gasteiger partial charge in [-0.3, -0.25) is 0 Å². The number of aromatic nitrogens is 2. The largest absolute Gasteiger partial charge is 0.748 e. The third kappa shape index (κ3) is 9.47. The van der Waals surface area contributed by atoms with Crippen molar-refractivity contribution >= 4 is 10.1 Å². The van der Waals surface area contributed by atoms with Gasteiger partial charge in [0.15, 0.2) is 0 Å². The van der Waals surface area contributed by atoms with Crippen LogP contribution in [0.3, 0.4) is 0 Å². The van der Waals surface area contributed by atoms with Gasteiger partial charge in [-0.2, -0.15) is 0 Å². The van der Waals surface area contributed by atoms with Crippen LogP contribution in [0.4, 0.5) is 0 Å². The van der Waals surface area contributed by atoms with Crippen molar-refractivity contribution in [2.45, 2.75) is 58.4 Å². The van der Waals surface area contributed by atoms with Gasteiger partial charge in [-0.1, -0.05) is 57.0 Å². The van der Waals surface area contributed by atoms with E-state index in [-0.39, 0.29) is 0 Å². The van der Waals surface area contributed by atoms with E-state index < -0.39 is 15.9 Å². The highest BCUT2D eigenvalue weighted by molar-refractivity contribution is 7.84. The van der Waals surface area contributed by atoms with Crippen LogP contribution in [-0.4, -0.2) is 17.5 Å². The standard InChI is InChI=1S/C11H21N2.C7H8O3S/c1-3-5-7-12-9-10-13(11-12)8-6-4-2;8-11(9,10)6-7-4-2-1-3-5-7/h9-11H,3-8H2,1-2H3;1-5H,6H2,(H,8,9,10)/q+1;/p-1. The number of hydrogen-bond donors (Lipinski definition) is 0. The van der Waals surface area contributed by atoms with Gasteiger partial charge in [-0.05, 0) is 18.4 Å². The van der Waals surface area contributed by atoms with Gasteiger partial charge in [-0.15, -0.1) is 0 Å². The third-order valence-corrected chi connectivity index (χ3v) is 4.16. The maximum atomic E-state index is 10.2. The lowest BCUT2D eigenvalue weighted by Gasteiger charge is -2.05. The Kier molecular flexibility index (Phi) is 9.34. The van der Waals surface area contributed by atoms with E-state index in [1.54, 1.807) is 30.3 Å². The minimum Gasteiger partial charge on any atom is -0.748 e. The lowest BCUT2D eigenvalue weighted by molar-refractivity contribution is -0.696. The molecule has 2 aromatic rings. The summed E-state index contributed by atoms with van der Waals surface area (Å²) in [4.78, 5) is 0. The molecule has 0 saturated carbocycles. The Labute approximate surface area is 145 Å². The number of aryl methyl sites for hydroxylation is 2. The van der Waals surface area contributed by atoms with Crippen molar-refractivity contribution in [2.75, 3.05) is 0 Å². The highest BCUT2D eigenvalue weighted by atomic mass is 32.2. The molecule has 0 fully saturated rings. The average molecular weight is 353 g/mol. The molecule has 0 spiro atoms. The van der Waals surface area contributed by atoms with Crippen molar-refractivity contribution in [3.63, 3.8) is 0 Å². The topological polar surface area (TPSA) is 66.0 Å². The van der Waals surface area contributed by atoms with Crippen LogP contribution in [0.2, 0.25) is 0 Å². The number of unbranched alkanes of at least 4 members (excludes halogenated alkanes) is 2. The number of nitrogens with zero attached hydrogens (tertiary/aromatic N) is 2. The van der Waals surface area contributed by atoms with Gasteiger partial charge in [0.05, 0.1) is 29.0 Å². The fourth-order valence-electron chi connectivity index (χ4n) is 2.16. The first-order valence-corrected chi connectivity index (χ1v) is 10.0. The fraction of sp³-hybridized carbons (Fsp3) is 0.500. The van der Waals surface area contributed by atoms with Crippen molar-refractivity contribution in [3.8, 4) is 0 Å². The van der Waals surface area contributed by atoms with Crippen LogP contribution in [-0.2, 0) is 29.0 Å². The predicted molar refractivity (Wildman–Crippen MR) is 94.3 cm³/mol. The predicted octanol–water partition coefficient (Wildman–Crippen LogP) is 3.11. The van der Waals surface area contributed by atoms with E-state index in [0.29, 0.717) is 5.56 Å². The molecule has 6 heteroatoms. The van der Waals surface area contributed by atoms with Crippen LogP contribution < -0.4 is 4.57 Å². The Balaban J connectivity index is 0.000000243. The molecule has 0 radical (unpaired) electrons. The van der Waals surface area contributed by atoms with Crippen LogP contribution in [0.1, 0.15) is 45.1 Å². The van der Waals surface area contributed by atoms with Gasteiger partial charge in [0.25, 0.3) is 0 Å². The fourth-order valence-corrected chi connectivity index (χ4v) is 2.76. The smallest absolute Gasteiger partial charge is 0.243 e. The van der Waals surface area contributed by atoms with E-state index >= 15 is 0 Å². The Morgan fingerprint density at radius 3 is 2.33 bits per heavy atom. The van der Waals surface area contributed by atoms with Crippen molar-refractivity contribution in [2.24, 2.45) is 0 Å². The maximum Gasteiger partial charge on any atom is 0.243 e. The van der Waals surface area contributed by atoms with Gasteiger partial charge < -0.3 is 4.55 Å². The highest BCUT2D eigenvalue weighted by Crippen LogP contribution is 2.02. The third-order valence-electron chi connectivity index (χ3n) is 3.47. The molecule has 0 N–H and O–H groups in total. The van der Waals surface area contributed by atoms with Crippen LogP contribution >= 0.6 is 0 Å². The minimum atomic E-state index is -4.13. The molecule has 1 aromatic carbocycles. The minimum absolute atomic E-state index is 0.423. The van der Waals surface area contributed by atoms with Crippen LogP contribution in [0, 0.1) is 0 Å². The van der Waals surface area contributed by atoms with Crippen molar-refractivity contribution in [3.05, 3.63) is 54.6 Å². The van der Waals surface area contributed by atoms with Crippen molar-refractivity contribution in [1.29, 1.82) is 0 Å². The SMILES string of the molecule is CCCCn1cc[n+](CCCC)c1.O=S(=O)([O-])Cc1ccccc1. The second-order valence-electron chi connectivity index (χ2n) is 5.78. The molecule has 24 heavy (non-hydrogen) atoms. The van der Waals surface area contributed by atoms with E-state index in [4.69, 9.17) is 0 Å². The molecule has 0 aliphatic heterocycles. The van der Waals surface area contributed by atoms with E-state index in [1.807, 2.05) is 0 Å². The molecule has 0 atom stereocenters. The van der Waals surface area contributed by atoms with E-state index in [2.05, 4.69) is 41.7 Å². The Bertz CT molecular complexity index is 644. The first-order chi connectivity index (χ1) is 11.4. The average Bonchev–Trinajstić information content (AvgIpc) is 2.99. The Morgan fingerprint density at radius 1 is 1.08 bits per heavy atom. The summed E-state index contributed by atoms with van der Waals surface area (Å²) in [6, 6.07) is 8.37. The lowest BCUT2D eigenvalue weighted by Crippen LogP contribution is -2.30. The van der Waals surface area contributed by atoms with E-state index in [9.17, 15) is 13.0 Å². The maximum absolute atomic E-state index is 10.2. The van der Waals surface area contributed by atoms with E-state index in [1.165, 1.54) is 25.7 Å². The summed E-state index contributed by atoms with van der Waals surface area (Å²) in [5.74, 6) is -0.423. The second kappa shape index (κ2) is 11.0. The zero-order valence-corrected chi connectivity index (χ0v) is 15.4. The molecule has 134 valence electrons. The first kappa shape index (κ1) is 20.4. The van der Waals surface area contributed by atoms with Gasteiger partial charge in [0, 0.05) is 0 Å². The summed E-state index contributed by atoms with van der Waals surface area (Å²) in [6.45, 7) is 6.79. The van der Waals surface area contributed by atoms with Crippen molar-refractivity contribution < 1.29 is 17.5 Å². The molecule has 0 amide bonds. The molecular formula is C18H28N2O3S. The summed E-state index contributed by atoms with van der Waals surface area (Å²) < 4.78 is 35.3. The normalized spacial score (nSPS) is 11.0. The highest BCUT2D eigenvalue weighted by Gasteiger charge is 2.01. The number of imidazole rings is 1. The van der Waals surface area contributed by atoms with Gasteiger partial charge in [0.1, 0.15) is 12.4 Å². The van der Waals surface area contributed by atoms with Gasteiger partial charge in [-0.25, -0.2) is 17.6 Å². The summed E-state index contributed by atoms with van der Waals surface area (Å²) in [6.07, 6.45) is 11.7. The Morgan fingerprint density at radius 2 is 1.75 bits per heavy atom. The van der Waals surface area contributed by atoms with Gasteiger partial charge >= 0.3 is 0 Å². The van der Waals surface area contributed by atoms with Crippen molar-refractivity contribution in [1.82, 2.24) is 4.57 Å². The molecule has 0 bridgehead atoms. The summed E-state index contributed by atoms with van der Waals surface area (Å²) in [5.41, 5.74) is 0.530. The first-order valence-electron chi connectivity index (χ1n) is 8.47.